The molecular formula is C29H33F2N5O10. The zero-order valence-electron chi connectivity index (χ0n) is 24.8. The number of nitrogens with zero attached hydrogens (tertiary/aromatic N) is 4. The maximum absolute atomic E-state index is 13.9. The molecule has 0 aliphatic carbocycles. The molecule has 4 amide bonds. The standard InChI is InChI=1S/C29H33F2N5O10/c1-2-45-28(44)35-11-9-34(10-12-35)26(41)19(7-8-24(38)39)33-25(40)20-13-22(17-5-3-4-6-18(17)32-20)46-15-23(37)36-16-29(30,31)14-21(36)27(42)43/h3-6,13,19,21H,2,7-12,14-16H2,1H3,(H,33,40)(H,38,39)(H,42,43)/t19-,21?/m0/s1. The number of pyridine rings is 1. The number of likely N-dealkylation sites (tertiary alicyclic amines) is 1. The van der Waals surface area contributed by atoms with E-state index in [1.807, 2.05) is 0 Å². The third-order valence-corrected chi connectivity index (χ3v) is 7.50. The molecule has 0 saturated carbocycles. The molecule has 2 aliphatic rings. The lowest BCUT2D eigenvalue weighted by Crippen LogP contribution is -2.56. The SMILES string of the molecule is CCOC(=O)N1CCN(C(=O)[C@H](CCC(=O)O)NC(=O)c2cc(OCC(=O)N3CC(F)(F)CC3C(=O)O)c3ccccc3n2)CC1. The Morgan fingerprint density at radius 2 is 1.74 bits per heavy atom. The molecule has 2 fully saturated rings. The van der Waals surface area contributed by atoms with Crippen molar-refractivity contribution in [1.82, 2.24) is 25.0 Å². The molecule has 3 heterocycles. The van der Waals surface area contributed by atoms with Crippen LogP contribution in [-0.2, 0) is 23.9 Å². The van der Waals surface area contributed by atoms with Gasteiger partial charge in [-0.05, 0) is 25.5 Å². The first-order valence-corrected chi connectivity index (χ1v) is 14.5. The van der Waals surface area contributed by atoms with Gasteiger partial charge in [0.25, 0.3) is 17.7 Å². The summed E-state index contributed by atoms with van der Waals surface area (Å²) >= 11 is 0. The number of carboxylic acids is 2. The van der Waals surface area contributed by atoms with Crippen molar-refractivity contribution in [2.75, 3.05) is 45.9 Å². The van der Waals surface area contributed by atoms with Gasteiger partial charge in [-0.1, -0.05) is 12.1 Å². The van der Waals surface area contributed by atoms with Gasteiger partial charge in [0.05, 0.1) is 18.7 Å². The van der Waals surface area contributed by atoms with Crippen LogP contribution in [0.25, 0.3) is 10.9 Å². The maximum atomic E-state index is 13.9. The molecule has 15 nitrogen and oxygen atoms in total. The van der Waals surface area contributed by atoms with Gasteiger partial charge >= 0.3 is 18.0 Å². The number of piperazine rings is 1. The second-order valence-electron chi connectivity index (χ2n) is 10.7. The van der Waals surface area contributed by atoms with Crippen molar-refractivity contribution >= 4 is 46.7 Å². The van der Waals surface area contributed by atoms with E-state index in [0.717, 1.165) is 0 Å². The van der Waals surface area contributed by atoms with Crippen LogP contribution in [0.15, 0.2) is 30.3 Å². The molecule has 248 valence electrons. The lowest BCUT2D eigenvalue weighted by molar-refractivity contribution is -0.149. The minimum atomic E-state index is -3.38. The largest absolute Gasteiger partial charge is 0.483 e. The molecule has 0 spiro atoms. The average molecular weight is 650 g/mol. The van der Waals surface area contributed by atoms with Crippen molar-refractivity contribution < 1.29 is 57.2 Å². The summed E-state index contributed by atoms with van der Waals surface area (Å²) in [7, 11) is 0. The zero-order chi connectivity index (χ0) is 33.6. The van der Waals surface area contributed by atoms with Crippen molar-refractivity contribution in [2.45, 2.75) is 44.2 Å². The number of benzene rings is 1. The Hall–Kier alpha value is -5.09. The van der Waals surface area contributed by atoms with E-state index in [2.05, 4.69) is 10.3 Å². The van der Waals surface area contributed by atoms with Crippen molar-refractivity contribution in [1.29, 1.82) is 0 Å². The Morgan fingerprint density at radius 1 is 1.07 bits per heavy atom. The van der Waals surface area contributed by atoms with Gasteiger partial charge in [-0.15, -0.1) is 0 Å². The van der Waals surface area contributed by atoms with E-state index in [1.54, 1.807) is 31.2 Å². The highest BCUT2D eigenvalue weighted by molar-refractivity contribution is 5.99. The average Bonchev–Trinajstić information content (AvgIpc) is 3.37. The third-order valence-electron chi connectivity index (χ3n) is 7.50. The number of carbonyl (C=O) groups is 6. The highest BCUT2D eigenvalue weighted by Gasteiger charge is 2.50. The van der Waals surface area contributed by atoms with Crippen molar-refractivity contribution in [3.63, 3.8) is 0 Å². The number of carboxylic acid groups (broad SMARTS) is 2. The van der Waals surface area contributed by atoms with Gasteiger partial charge in [0.1, 0.15) is 23.5 Å². The minimum absolute atomic E-state index is 0.0366. The summed E-state index contributed by atoms with van der Waals surface area (Å²) in [6, 6.07) is 4.54. The number of carbonyl (C=O) groups excluding carboxylic acids is 4. The molecule has 4 rings (SSSR count). The van der Waals surface area contributed by atoms with Crippen LogP contribution < -0.4 is 10.1 Å². The summed E-state index contributed by atoms with van der Waals surface area (Å²) in [5.74, 6) is -8.60. The van der Waals surface area contributed by atoms with E-state index < -0.39 is 79.8 Å². The number of aromatic nitrogens is 1. The van der Waals surface area contributed by atoms with E-state index in [1.165, 1.54) is 15.9 Å². The minimum Gasteiger partial charge on any atom is -0.483 e. The van der Waals surface area contributed by atoms with E-state index >= 15 is 0 Å². The second kappa shape index (κ2) is 14.3. The summed E-state index contributed by atoms with van der Waals surface area (Å²) < 4.78 is 38.4. The smallest absolute Gasteiger partial charge is 0.409 e. The van der Waals surface area contributed by atoms with E-state index in [0.29, 0.717) is 10.3 Å². The van der Waals surface area contributed by atoms with E-state index in [9.17, 15) is 47.8 Å². The topological polar surface area (TPSA) is 196 Å². The van der Waals surface area contributed by atoms with Gasteiger partial charge in [-0.25, -0.2) is 23.4 Å². The number of para-hydroxylation sites is 1. The molecule has 1 aromatic carbocycles. The number of fused-ring (bicyclic) bond motifs is 1. The molecule has 2 aliphatic heterocycles. The Labute approximate surface area is 261 Å². The quantitative estimate of drug-likeness (QED) is 0.316. The van der Waals surface area contributed by atoms with Gasteiger partial charge in [0.15, 0.2) is 6.61 Å². The Balaban J connectivity index is 1.50. The van der Waals surface area contributed by atoms with Gasteiger partial charge in [-0.3, -0.25) is 19.2 Å². The fourth-order valence-corrected chi connectivity index (χ4v) is 5.20. The number of halogens is 2. The van der Waals surface area contributed by atoms with Crippen LogP contribution in [0, 0.1) is 0 Å². The van der Waals surface area contributed by atoms with Gasteiger partial charge < -0.3 is 39.7 Å². The van der Waals surface area contributed by atoms with Gasteiger partial charge in [-0.2, -0.15) is 0 Å². The molecule has 3 N–H and O–H groups in total. The van der Waals surface area contributed by atoms with Gasteiger partial charge in [0.2, 0.25) is 5.91 Å². The second-order valence-corrected chi connectivity index (χ2v) is 10.7. The molecular weight excluding hydrogens is 616 g/mol. The Bertz CT molecular complexity index is 1510. The predicted molar refractivity (Wildman–Crippen MR) is 153 cm³/mol. The van der Waals surface area contributed by atoms with E-state index in [-0.39, 0.29) is 56.2 Å². The number of rotatable bonds is 11. The summed E-state index contributed by atoms with van der Waals surface area (Å²) in [6.45, 7) is 0.575. The van der Waals surface area contributed by atoms with Gasteiger partial charge in [0, 0.05) is 50.5 Å². The van der Waals surface area contributed by atoms with Crippen LogP contribution in [-0.4, -0.2) is 130 Å². The molecule has 17 heteroatoms. The zero-order valence-corrected chi connectivity index (χ0v) is 24.8. The summed E-state index contributed by atoms with van der Waals surface area (Å²) in [5.41, 5.74) is -0.00487. The Morgan fingerprint density at radius 3 is 2.39 bits per heavy atom. The summed E-state index contributed by atoms with van der Waals surface area (Å²) in [5, 5.41) is 21.4. The fraction of sp³-hybridized carbons (Fsp3) is 0.483. The van der Waals surface area contributed by atoms with Crippen molar-refractivity contribution in [2.24, 2.45) is 0 Å². The lowest BCUT2D eigenvalue weighted by atomic mass is 10.1. The number of amides is 4. The van der Waals surface area contributed by atoms with Crippen LogP contribution in [0.4, 0.5) is 13.6 Å². The lowest BCUT2D eigenvalue weighted by Gasteiger charge is -2.35. The number of hydrogen-bond donors (Lipinski definition) is 3. The highest BCUT2D eigenvalue weighted by atomic mass is 19.3. The molecule has 0 bridgehead atoms. The number of aliphatic carboxylic acids is 2. The fourth-order valence-electron chi connectivity index (χ4n) is 5.20. The molecule has 2 saturated heterocycles. The first-order valence-electron chi connectivity index (χ1n) is 14.5. The van der Waals surface area contributed by atoms with Crippen molar-refractivity contribution in [3.8, 4) is 5.75 Å². The predicted octanol–water partition coefficient (Wildman–Crippen LogP) is 1.20. The van der Waals surface area contributed by atoms with E-state index in [4.69, 9.17) is 9.47 Å². The van der Waals surface area contributed by atoms with Crippen LogP contribution in [0.2, 0.25) is 0 Å². The molecule has 1 aromatic heterocycles. The number of nitrogens with one attached hydrogen (secondary N) is 1. The molecule has 2 atom stereocenters. The maximum Gasteiger partial charge on any atom is 0.409 e. The number of hydrogen-bond acceptors (Lipinski definition) is 9. The number of ether oxygens (including phenoxy) is 2. The van der Waals surface area contributed by atoms with Crippen LogP contribution >= 0.6 is 0 Å². The van der Waals surface area contributed by atoms with Crippen molar-refractivity contribution in [3.05, 3.63) is 36.0 Å². The van der Waals surface area contributed by atoms with Crippen LogP contribution in [0.5, 0.6) is 5.75 Å². The highest BCUT2D eigenvalue weighted by Crippen LogP contribution is 2.32. The monoisotopic (exact) mass is 649 g/mol. The molecule has 46 heavy (non-hydrogen) atoms. The van der Waals surface area contributed by atoms with Crippen LogP contribution in [0.3, 0.4) is 0 Å². The first-order chi connectivity index (χ1) is 21.8. The first kappa shape index (κ1) is 33.8. The summed E-state index contributed by atoms with van der Waals surface area (Å²) in [6.07, 6.45) is -2.23. The normalized spacial score (nSPS) is 18.2. The number of alkyl halides is 2. The molecule has 2 aromatic rings. The Kier molecular flexibility index (Phi) is 10.5. The molecule has 1 unspecified atom stereocenters. The molecule has 0 radical (unpaired) electrons. The van der Waals surface area contributed by atoms with Crippen LogP contribution in [0.1, 0.15) is 36.7 Å². The third kappa shape index (κ3) is 8.13. The summed E-state index contributed by atoms with van der Waals surface area (Å²) in [4.78, 5) is 82.0.